The lowest BCUT2D eigenvalue weighted by Crippen LogP contribution is -2.57. The van der Waals surface area contributed by atoms with Crippen molar-refractivity contribution in [3.8, 4) is 11.1 Å². The highest BCUT2D eigenvalue weighted by molar-refractivity contribution is 5.89. The summed E-state index contributed by atoms with van der Waals surface area (Å²) in [6.45, 7) is 3.99. The first-order chi connectivity index (χ1) is 16.8. The van der Waals surface area contributed by atoms with Crippen molar-refractivity contribution in [1.29, 1.82) is 0 Å². The summed E-state index contributed by atoms with van der Waals surface area (Å²) in [6.07, 6.45) is 0.951. The number of aromatic carboxylic acids is 1. The number of benzene rings is 2. The Balaban J connectivity index is 1.33. The van der Waals surface area contributed by atoms with E-state index in [0.717, 1.165) is 22.3 Å². The van der Waals surface area contributed by atoms with Gasteiger partial charge in [-0.2, -0.15) is 0 Å². The Kier molecular flexibility index (Phi) is 6.81. The second-order valence-corrected chi connectivity index (χ2v) is 8.56. The minimum absolute atomic E-state index is 0.0757. The minimum Gasteiger partial charge on any atom is -0.476 e. The Bertz CT molecular complexity index is 1210. The number of hydrogen-bond donors (Lipinski definition) is 3. The van der Waals surface area contributed by atoms with E-state index in [0.29, 0.717) is 6.42 Å². The summed E-state index contributed by atoms with van der Waals surface area (Å²) in [4.78, 5) is 36.4. The molecule has 2 amide bonds. The fourth-order valence-electron chi connectivity index (χ4n) is 4.15. The molecule has 0 fully saturated rings. The fourth-order valence-corrected chi connectivity index (χ4v) is 4.15. The Labute approximate surface area is 202 Å². The highest BCUT2D eigenvalue weighted by Crippen LogP contribution is 2.44. The number of nitrogens with one attached hydrogen (secondary N) is 2. The molecule has 0 aliphatic heterocycles. The van der Waals surface area contributed by atoms with Crippen LogP contribution in [0.25, 0.3) is 11.1 Å². The van der Waals surface area contributed by atoms with Crippen LogP contribution in [0.1, 0.15) is 47.8 Å². The number of carboxylic acids is 1. The van der Waals surface area contributed by atoms with Gasteiger partial charge in [-0.15, -0.1) is 5.10 Å². The molecule has 10 nitrogen and oxygen atoms in total. The average Bonchev–Trinajstić information content (AvgIpc) is 3.46. The summed E-state index contributed by atoms with van der Waals surface area (Å²) < 4.78 is 6.90. The average molecular weight is 478 g/mol. The highest BCUT2D eigenvalue weighted by Gasteiger charge is 2.34. The first-order valence-electron chi connectivity index (χ1n) is 11.4. The largest absolute Gasteiger partial charge is 0.476 e. The second-order valence-electron chi connectivity index (χ2n) is 8.56. The number of aromatic nitrogens is 3. The Morgan fingerprint density at radius 1 is 1.09 bits per heavy atom. The zero-order valence-corrected chi connectivity index (χ0v) is 19.5. The molecule has 0 spiro atoms. The predicted octanol–water partition coefficient (Wildman–Crippen LogP) is 2.80. The summed E-state index contributed by atoms with van der Waals surface area (Å²) in [5, 5.41) is 21.6. The topological polar surface area (TPSA) is 135 Å². The van der Waals surface area contributed by atoms with Gasteiger partial charge in [0.2, 0.25) is 5.91 Å². The van der Waals surface area contributed by atoms with E-state index in [1.54, 1.807) is 13.8 Å². The maximum absolute atomic E-state index is 12.8. The molecule has 1 atom stereocenters. The summed E-state index contributed by atoms with van der Waals surface area (Å²) >= 11 is 0. The third-order valence-electron chi connectivity index (χ3n) is 6.31. The molecule has 3 N–H and O–H groups in total. The molecule has 1 aliphatic rings. The van der Waals surface area contributed by atoms with Crippen LogP contribution < -0.4 is 10.6 Å². The quantitative estimate of drug-likeness (QED) is 0.431. The molecule has 10 heteroatoms. The van der Waals surface area contributed by atoms with Crippen molar-refractivity contribution in [2.45, 2.75) is 38.3 Å². The molecule has 35 heavy (non-hydrogen) atoms. The Hall–Kier alpha value is -4.21. The number of alkyl carbamates (subject to hydrolysis) is 1. The lowest BCUT2D eigenvalue weighted by molar-refractivity contribution is -0.127. The van der Waals surface area contributed by atoms with Gasteiger partial charge in [0, 0.05) is 12.5 Å². The van der Waals surface area contributed by atoms with Crippen LogP contribution in [0, 0.1) is 0 Å². The Morgan fingerprint density at radius 3 is 2.29 bits per heavy atom. The monoisotopic (exact) mass is 477 g/mol. The van der Waals surface area contributed by atoms with Crippen LogP contribution in [-0.4, -0.2) is 56.8 Å². The van der Waals surface area contributed by atoms with Gasteiger partial charge in [-0.05, 0) is 35.6 Å². The van der Waals surface area contributed by atoms with E-state index < -0.39 is 17.6 Å². The predicted molar refractivity (Wildman–Crippen MR) is 127 cm³/mol. The van der Waals surface area contributed by atoms with E-state index in [2.05, 4.69) is 33.1 Å². The normalized spacial score (nSPS) is 13.9. The number of rotatable bonds is 9. The van der Waals surface area contributed by atoms with E-state index in [-0.39, 0.29) is 37.2 Å². The SMILES string of the molecule is CCC(C)(NC(=O)OCC1c2ccccc2-c2ccccc21)C(=O)NCCn1cc(C(=O)O)nn1. The van der Waals surface area contributed by atoms with Crippen LogP contribution in [-0.2, 0) is 16.1 Å². The van der Waals surface area contributed by atoms with Gasteiger partial charge in [0.1, 0.15) is 12.1 Å². The first kappa shape index (κ1) is 23.9. The number of nitrogens with zero attached hydrogens (tertiary/aromatic N) is 3. The first-order valence-corrected chi connectivity index (χ1v) is 11.4. The molecule has 0 bridgehead atoms. The number of hydrogen-bond acceptors (Lipinski definition) is 6. The smallest absolute Gasteiger partial charge is 0.408 e. The van der Waals surface area contributed by atoms with Crippen molar-refractivity contribution in [1.82, 2.24) is 25.6 Å². The van der Waals surface area contributed by atoms with Crippen molar-refractivity contribution < 1.29 is 24.2 Å². The number of carboxylic acid groups (broad SMARTS) is 1. The van der Waals surface area contributed by atoms with Crippen molar-refractivity contribution in [2.24, 2.45) is 0 Å². The van der Waals surface area contributed by atoms with E-state index in [4.69, 9.17) is 9.84 Å². The van der Waals surface area contributed by atoms with Crippen molar-refractivity contribution in [3.63, 3.8) is 0 Å². The summed E-state index contributed by atoms with van der Waals surface area (Å²) in [5.41, 5.74) is 3.13. The van der Waals surface area contributed by atoms with Crippen LogP contribution in [0.2, 0.25) is 0 Å². The van der Waals surface area contributed by atoms with Gasteiger partial charge in [-0.25, -0.2) is 14.3 Å². The third-order valence-corrected chi connectivity index (χ3v) is 6.31. The van der Waals surface area contributed by atoms with Crippen molar-refractivity contribution in [3.05, 3.63) is 71.5 Å². The van der Waals surface area contributed by atoms with Crippen LogP contribution in [0.5, 0.6) is 0 Å². The Morgan fingerprint density at radius 2 is 1.71 bits per heavy atom. The maximum Gasteiger partial charge on any atom is 0.408 e. The third kappa shape index (κ3) is 5.01. The summed E-state index contributed by atoms with van der Waals surface area (Å²) in [6, 6.07) is 16.1. The molecule has 1 heterocycles. The molecule has 3 aromatic rings. The number of ether oxygens (including phenoxy) is 1. The maximum atomic E-state index is 12.8. The summed E-state index contributed by atoms with van der Waals surface area (Å²) in [7, 11) is 0. The molecule has 1 aliphatic carbocycles. The van der Waals surface area contributed by atoms with E-state index in [9.17, 15) is 14.4 Å². The number of carbonyl (C=O) groups excluding carboxylic acids is 2. The van der Waals surface area contributed by atoms with Gasteiger partial charge in [-0.3, -0.25) is 4.79 Å². The molecule has 1 unspecified atom stereocenters. The van der Waals surface area contributed by atoms with Crippen LogP contribution in [0.15, 0.2) is 54.7 Å². The molecule has 0 radical (unpaired) electrons. The molecular weight excluding hydrogens is 450 g/mol. The standard InChI is InChI=1S/C25H27N5O5/c1-3-25(2,23(33)26-12-13-30-14-21(22(31)32)28-29-30)27-24(34)35-15-20-18-10-6-4-8-16(18)17-9-5-7-11-19(17)20/h4-11,14,20H,3,12-13,15H2,1-2H3,(H,26,33)(H,27,34)(H,31,32). The van der Waals surface area contributed by atoms with E-state index in [1.807, 2.05) is 36.4 Å². The molecule has 0 saturated heterocycles. The van der Waals surface area contributed by atoms with Gasteiger partial charge < -0.3 is 20.5 Å². The van der Waals surface area contributed by atoms with Gasteiger partial charge in [0.15, 0.2) is 5.69 Å². The van der Waals surface area contributed by atoms with Gasteiger partial charge >= 0.3 is 12.1 Å². The number of carbonyl (C=O) groups is 3. The number of fused-ring (bicyclic) bond motifs is 3. The van der Waals surface area contributed by atoms with Gasteiger partial charge in [0.25, 0.3) is 0 Å². The van der Waals surface area contributed by atoms with Crippen LogP contribution >= 0.6 is 0 Å². The second kappa shape index (κ2) is 9.96. The van der Waals surface area contributed by atoms with Crippen LogP contribution in [0.4, 0.5) is 4.79 Å². The van der Waals surface area contributed by atoms with Gasteiger partial charge in [0.05, 0.1) is 12.7 Å². The van der Waals surface area contributed by atoms with Gasteiger partial charge in [-0.1, -0.05) is 60.7 Å². The lowest BCUT2D eigenvalue weighted by Gasteiger charge is -2.28. The van der Waals surface area contributed by atoms with E-state index in [1.165, 1.54) is 10.9 Å². The molecule has 2 aromatic carbocycles. The van der Waals surface area contributed by atoms with Crippen molar-refractivity contribution in [2.75, 3.05) is 13.2 Å². The molecular formula is C25H27N5O5. The zero-order chi connectivity index (χ0) is 25.0. The highest BCUT2D eigenvalue weighted by atomic mass is 16.5. The van der Waals surface area contributed by atoms with E-state index >= 15 is 0 Å². The fraction of sp³-hybridized carbons (Fsp3) is 0.320. The zero-order valence-electron chi connectivity index (χ0n) is 19.5. The molecule has 1 aromatic heterocycles. The molecule has 0 saturated carbocycles. The summed E-state index contributed by atoms with van der Waals surface area (Å²) in [5.74, 6) is -1.63. The molecule has 182 valence electrons. The lowest BCUT2D eigenvalue weighted by atomic mass is 9.97. The number of amides is 2. The molecule has 4 rings (SSSR count). The minimum atomic E-state index is -1.18. The van der Waals surface area contributed by atoms with Crippen molar-refractivity contribution >= 4 is 18.0 Å². The van der Waals surface area contributed by atoms with Crippen LogP contribution in [0.3, 0.4) is 0 Å².